The molecule has 4 heteroatoms. The van der Waals surface area contributed by atoms with E-state index in [0.717, 1.165) is 12.2 Å². The van der Waals surface area contributed by atoms with Crippen LogP contribution in [0.25, 0.3) is 0 Å². The van der Waals surface area contributed by atoms with E-state index in [1.807, 2.05) is 0 Å². The maximum absolute atomic E-state index is 8.35. The van der Waals surface area contributed by atoms with Crippen molar-refractivity contribution in [1.29, 1.82) is 10.8 Å². The average molecular weight is 696 g/mol. The molecule has 0 bridgehead atoms. The van der Waals surface area contributed by atoms with E-state index in [1.54, 1.807) is 0 Å². The second-order valence-corrected chi connectivity index (χ2v) is 0.204. The van der Waals surface area contributed by atoms with Crippen LogP contribution in [0, 0.1) is 10.8 Å². The number of hydrogen-bond acceptors (Lipinski definition) is 4. The summed E-state index contributed by atoms with van der Waals surface area (Å²) >= 11 is 0. The first-order chi connectivity index (χ1) is 2.83. The summed E-state index contributed by atoms with van der Waals surface area (Å²) in [5.74, 6) is 0. The normalized spacial score (nSPS) is 0.364. The highest BCUT2D eigenvalue weighted by atomic mass is 16.1. The summed E-state index contributed by atoms with van der Waals surface area (Å²) < 4.78 is 0. The maximum atomic E-state index is 8.35. The quantitative estimate of drug-likeness (QED) is 0.195. The van der Waals surface area contributed by atoms with Crippen molar-refractivity contribution < 1.29 is 9.59 Å². The van der Waals surface area contributed by atoms with Crippen molar-refractivity contribution >= 4 is 12.2 Å². The SMILES string of the molecule is C.C.C.C.C.C.C.C.C.C.C.C.C.C.C.C.C.C.C.C.C.C.C.C.C.C.C.C.C.C.C.C.C.C.C.C.C.C.N=C=O.N=C=O. The monoisotopic (exact) mass is 695 g/mol. The van der Waals surface area contributed by atoms with Gasteiger partial charge in [0, 0.05) is 0 Å². The first kappa shape index (κ1) is 9790. The topological polar surface area (TPSA) is 81.8 Å². The Morgan fingerprint density at radius 1 is 0.159 bits per heavy atom. The van der Waals surface area contributed by atoms with Gasteiger partial charge in [-0.15, -0.1) is 0 Å². The highest BCUT2D eigenvalue weighted by molar-refractivity contribution is 5.26. The molecular formula is C40H154N2O2. The minimum absolute atomic E-state index is 0. The van der Waals surface area contributed by atoms with E-state index in [0.29, 0.717) is 0 Å². The summed E-state index contributed by atoms with van der Waals surface area (Å²) in [6.45, 7) is 0. The summed E-state index contributed by atoms with van der Waals surface area (Å²) in [6, 6.07) is 0. The van der Waals surface area contributed by atoms with E-state index in [4.69, 9.17) is 20.4 Å². The molecule has 0 aliphatic carbocycles. The molecule has 0 aromatic carbocycles. The molecule has 336 valence electrons. The Hall–Kier alpha value is -1.24. The number of carbonyl (C=O) groups excluding carboxylic acids is 2. The largest absolute Gasteiger partial charge is 0.231 e. The molecule has 0 aromatic rings. The lowest BCUT2D eigenvalue weighted by Crippen LogP contribution is -1.16. The summed E-state index contributed by atoms with van der Waals surface area (Å²) in [5.41, 5.74) is 0. The lowest BCUT2D eigenvalue weighted by molar-refractivity contribution is 0.562. The Kier molecular flexibility index (Phi) is 26700000. The summed E-state index contributed by atoms with van der Waals surface area (Å²) in [5, 5.41) is 10.8. The van der Waals surface area contributed by atoms with Gasteiger partial charge in [-0.05, 0) is 0 Å². The molecule has 0 saturated carbocycles. The van der Waals surface area contributed by atoms with Crippen LogP contribution in [0.2, 0.25) is 0 Å². The third kappa shape index (κ3) is 41900. The van der Waals surface area contributed by atoms with Crippen molar-refractivity contribution in [1.82, 2.24) is 0 Å². The average Bonchev–Trinajstić information content (AvgIpc) is 1.39. The van der Waals surface area contributed by atoms with Gasteiger partial charge in [0.1, 0.15) is 0 Å². The molecule has 2 N–H and O–H groups in total. The number of rotatable bonds is 0. The fourth-order valence-electron chi connectivity index (χ4n) is 0. The second kappa shape index (κ2) is 120000. The smallest absolute Gasteiger partial charge is 0.222 e. The highest BCUT2D eigenvalue weighted by Crippen LogP contribution is 0.871. The minimum atomic E-state index is 0. The van der Waals surface area contributed by atoms with Gasteiger partial charge in [0.2, 0.25) is 12.2 Å². The van der Waals surface area contributed by atoms with E-state index in [9.17, 15) is 0 Å². The van der Waals surface area contributed by atoms with Crippen LogP contribution in [0.15, 0.2) is 0 Å². The van der Waals surface area contributed by atoms with Crippen molar-refractivity contribution in [3.63, 3.8) is 0 Å². The van der Waals surface area contributed by atoms with Crippen molar-refractivity contribution in [2.75, 3.05) is 0 Å². The van der Waals surface area contributed by atoms with E-state index >= 15 is 0 Å². The van der Waals surface area contributed by atoms with Crippen LogP contribution in [0.5, 0.6) is 0 Å². The van der Waals surface area contributed by atoms with Gasteiger partial charge in [-0.25, -0.2) is 20.4 Å². The minimum Gasteiger partial charge on any atom is -0.222 e. The molecule has 4 nitrogen and oxygen atoms in total. The molecule has 0 rings (SSSR count). The van der Waals surface area contributed by atoms with Gasteiger partial charge in [-0.2, -0.15) is 0 Å². The van der Waals surface area contributed by atoms with Gasteiger partial charge in [-0.3, -0.25) is 0 Å². The van der Waals surface area contributed by atoms with Crippen LogP contribution in [0.4, 0.5) is 0 Å². The van der Waals surface area contributed by atoms with E-state index in [1.165, 1.54) is 0 Å². The Balaban J connectivity index is -0.000000000103. The van der Waals surface area contributed by atoms with Gasteiger partial charge < -0.3 is 0 Å². The van der Waals surface area contributed by atoms with Gasteiger partial charge in [-0.1, -0.05) is 282 Å². The number of nitrogens with one attached hydrogen (secondary N) is 2. The molecule has 0 amide bonds. The van der Waals surface area contributed by atoms with E-state index in [2.05, 4.69) is 0 Å². The standard InChI is InChI=1S/2CHNO.38CH4/c2*2-1-3;;;;;;;;;;;;;;;;;;;;;;;;;;;;;;;;;;;;;;/h2*2H;38*1H4. The van der Waals surface area contributed by atoms with Gasteiger partial charge in [0.15, 0.2) is 0 Å². The molecule has 0 radical (unpaired) electrons. The first-order valence-electron chi connectivity index (χ1n) is 0.908. The second-order valence-electron chi connectivity index (χ2n) is 0.204. The maximum Gasteiger partial charge on any atom is 0.231 e. The van der Waals surface area contributed by atoms with Gasteiger partial charge in [0.25, 0.3) is 0 Å². The zero-order valence-corrected chi connectivity index (χ0v) is 2.82. The van der Waals surface area contributed by atoms with E-state index < -0.39 is 0 Å². The zero-order chi connectivity index (χ0) is 5.41. The Bertz CT molecular complexity index is 77.4. The fraction of sp³-hybridized carbons (Fsp3) is 0.950. The molecule has 0 aliphatic rings. The van der Waals surface area contributed by atoms with Crippen molar-refractivity contribution in [2.24, 2.45) is 0 Å². The van der Waals surface area contributed by atoms with Crippen molar-refractivity contribution in [3.05, 3.63) is 0 Å². The predicted octanol–water partition coefficient (Wildman–Crippen LogP) is 24.0. The van der Waals surface area contributed by atoms with Gasteiger partial charge >= 0.3 is 0 Å². The Labute approximate surface area is 314 Å². The predicted molar refractivity (Wildman–Crippen MR) is 273 cm³/mol. The van der Waals surface area contributed by atoms with Crippen LogP contribution in [-0.2, 0) is 9.59 Å². The molecule has 0 aromatic heterocycles. The fourth-order valence-corrected chi connectivity index (χ4v) is 0. The molecule has 0 spiro atoms. The zero-order valence-electron chi connectivity index (χ0n) is 2.82. The molecule has 0 atom stereocenters. The lowest BCUT2D eigenvalue weighted by atomic mass is 11.7. The van der Waals surface area contributed by atoms with Crippen LogP contribution in [0.3, 0.4) is 0 Å². The molecule has 0 unspecified atom stereocenters. The summed E-state index contributed by atoms with van der Waals surface area (Å²) in [7, 11) is 0. The number of hydrogen-bond donors (Lipinski definition) is 2. The first-order valence-corrected chi connectivity index (χ1v) is 0.908. The molecule has 0 fully saturated rings. The lowest BCUT2D eigenvalue weighted by Gasteiger charge is -1.02. The van der Waals surface area contributed by atoms with Crippen molar-refractivity contribution in [3.8, 4) is 0 Å². The van der Waals surface area contributed by atoms with E-state index in [-0.39, 0.29) is 282 Å². The third-order valence-electron chi connectivity index (χ3n) is 0. The van der Waals surface area contributed by atoms with Crippen LogP contribution >= 0.6 is 0 Å². The van der Waals surface area contributed by atoms with Crippen LogP contribution < -0.4 is 0 Å². The van der Waals surface area contributed by atoms with Crippen LogP contribution in [-0.4, -0.2) is 12.2 Å². The molecule has 0 saturated heterocycles. The highest BCUT2D eigenvalue weighted by Gasteiger charge is 1.04. The van der Waals surface area contributed by atoms with Crippen molar-refractivity contribution in [2.45, 2.75) is 282 Å². The Morgan fingerprint density at radius 2 is 0.159 bits per heavy atom. The number of isocyanates is 2. The molecule has 0 aliphatic heterocycles. The Morgan fingerprint density at radius 3 is 0.159 bits per heavy atom. The summed E-state index contributed by atoms with van der Waals surface area (Å²) in [4.78, 5) is 16.7. The third-order valence-corrected chi connectivity index (χ3v) is 0. The van der Waals surface area contributed by atoms with Crippen LogP contribution in [0.1, 0.15) is 282 Å². The molecular weight excluding hydrogens is 540 g/mol. The molecule has 0 heterocycles. The summed E-state index contributed by atoms with van der Waals surface area (Å²) in [6.07, 6.45) is 1.50. The molecule has 44 heavy (non-hydrogen) atoms. The van der Waals surface area contributed by atoms with Gasteiger partial charge in [0.05, 0.1) is 0 Å².